The summed E-state index contributed by atoms with van der Waals surface area (Å²) in [6.45, 7) is 1.48. The van der Waals surface area contributed by atoms with Crippen LogP contribution in [0.2, 0.25) is 5.02 Å². The molecule has 0 bridgehead atoms. The molecule has 0 atom stereocenters. The zero-order valence-electron chi connectivity index (χ0n) is 9.77. The average molecular weight is 256 g/mol. The number of rotatable bonds is 2. The lowest BCUT2D eigenvalue weighted by Gasteiger charge is -2.05. The van der Waals surface area contributed by atoms with Gasteiger partial charge in [-0.25, -0.2) is 0 Å². The standard InChI is InChI=1S/C15H10ClNO/c1-10(18)14-6-5-13(8-15(14)16)12-4-2-3-11(7-12)9-17/h2-8H,1H3. The molecule has 0 aliphatic carbocycles. The third-order valence-electron chi connectivity index (χ3n) is 2.67. The fourth-order valence-corrected chi connectivity index (χ4v) is 2.06. The number of hydrogen-bond acceptors (Lipinski definition) is 2. The number of nitrogens with zero attached hydrogens (tertiary/aromatic N) is 1. The summed E-state index contributed by atoms with van der Waals surface area (Å²) in [6.07, 6.45) is 0. The van der Waals surface area contributed by atoms with Crippen molar-refractivity contribution in [1.82, 2.24) is 0 Å². The lowest BCUT2D eigenvalue weighted by molar-refractivity contribution is 0.101. The second-order valence-corrected chi connectivity index (χ2v) is 4.35. The van der Waals surface area contributed by atoms with Gasteiger partial charge in [-0.15, -0.1) is 0 Å². The van der Waals surface area contributed by atoms with E-state index in [2.05, 4.69) is 6.07 Å². The number of carbonyl (C=O) groups excluding carboxylic acids is 1. The molecule has 0 fully saturated rings. The van der Waals surface area contributed by atoms with Gasteiger partial charge in [0.2, 0.25) is 0 Å². The Labute approximate surface area is 110 Å². The number of hydrogen-bond donors (Lipinski definition) is 0. The fourth-order valence-electron chi connectivity index (χ4n) is 1.75. The monoisotopic (exact) mass is 255 g/mol. The van der Waals surface area contributed by atoms with Crippen LogP contribution in [-0.2, 0) is 0 Å². The van der Waals surface area contributed by atoms with Gasteiger partial charge in [0.25, 0.3) is 0 Å². The molecule has 88 valence electrons. The number of halogens is 1. The molecule has 18 heavy (non-hydrogen) atoms. The molecular formula is C15H10ClNO. The molecule has 0 saturated heterocycles. The third kappa shape index (κ3) is 2.42. The Bertz CT molecular complexity index is 656. The topological polar surface area (TPSA) is 40.9 Å². The van der Waals surface area contributed by atoms with Crippen LogP contribution in [0.3, 0.4) is 0 Å². The van der Waals surface area contributed by atoms with Crippen LogP contribution in [0.15, 0.2) is 42.5 Å². The van der Waals surface area contributed by atoms with E-state index in [1.54, 1.807) is 24.3 Å². The van der Waals surface area contributed by atoms with Crippen LogP contribution in [0.5, 0.6) is 0 Å². The van der Waals surface area contributed by atoms with E-state index < -0.39 is 0 Å². The maximum atomic E-state index is 11.3. The van der Waals surface area contributed by atoms with Gasteiger partial charge < -0.3 is 0 Å². The third-order valence-corrected chi connectivity index (χ3v) is 2.99. The maximum absolute atomic E-state index is 11.3. The van der Waals surface area contributed by atoms with Crippen molar-refractivity contribution in [3.63, 3.8) is 0 Å². The van der Waals surface area contributed by atoms with Gasteiger partial charge in [-0.2, -0.15) is 5.26 Å². The first-order chi connectivity index (χ1) is 8.61. The van der Waals surface area contributed by atoms with E-state index in [0.717, 1.165) is 11.1 Å². The van der Waals surface area contributed by atoms with Gasteiger partial charge in [0.1, 0.15) is 0 Å². The number of Topliss-reactive ketones (excluding diaryl/α,β-unsaturated/α-hetero) is 1. The largest absolute Gasteiger partial charge is 0.294 e. The first kappa shape index (κ1) is 12.3. The van der Waals surface area contributed by atoms with Crippen molar-refractivity contribution in [3.05, 3.63) is 58.6 Å². The molecule has 0 amide bonds. The van der Waals surface area contributed by atoms with Crippen molar-refractivity contribution >= 4 is 17.4 Å². The van der Waals surface area contributed by atoms with Gasteiger partial charge in [-0.05, 0) is 42.3 Å². The summed E-state index contributed by atoms with van der Waals surface area (Å²) >= 11 is 6.06. The van der Waals surface area contributed by atoms with Gasteiger partial charge in [-0.1, -0.05) is 29.8 Å². The molecule has 2 rings (SSSR count). The van der Waals surface area contributed by atoms with Crippen molar-refractivity contribution in [1.29, 1.82) is 5.26 Å². The van der Waals surface area contributed by atoms with Crippen LogP contribution in [0.4, 0.5) is 0 Å². The minimum atomic E-state index is -0.0580. The Morgan fingerprint density at radius 1 is 1.17 bits per heavy atom. The zero-order valence-corrected chi connectivity index (χ0v) is 10.5. The first-order valence-corrected chi connectivity index (χ1v) is 5.80. The lowest BCUT2D eigenvalue weighted by Crippen LogP contribution is -1.93. The van der Waals surface area contributed by atoms with Crippen LogP contribution in [-0.4, -0.2) is 5.78 Å². The minimum Gasteiger partial charge on any atom is -0.294 e. The Balaban J connectivity index is 2.49. The van der Waals surface area contributed by atoms with Crippen LogP contribution < -0.4 is 0 Å². The summed E-state index contributed by atoms with van der Waals surface area (Å²) in [4.78, 5) is 11.3. The highest BCUT2D eigenvalue weighted by Gasteiger charge is 2.07. The first-order valence-electron chi connectivity index (χ1n) is 5.43. The molecule has 0 spiro atoms. The van der Waals surface area contributed by atoms with Crippen molar-refractivity contribution in [2.75, 3.05) is 0 Å². The van der Waals surface area contributed by atoms with Gasteiger partial charge in [0.15, 0.2) is 5.78 Å². The van der Waals surface area contributed by atoms with Gasteiger partial charge in [0.05, 0.1) is 16.7 Å². The average Bonchev–Trinajstić information content (AvgIpc) is 2.38. The summed E-state index contributed by atoms with van der Waals surface area (Å²) in [7, 11) is 0. The molecular weight excluding hydrogens is 246 g/mol. The molecule has 0 saturated carbocycles. The van der Waals surface area contributed by atoms with Crippen LogP contribution >= 0.6 is 11.6 Å². The van der Waals surface area contributed by atoms with Gasteiger partial charge in [-0.3, -0.25) is 4.79 Å². The highest BCUT2D eigenvalue weighted by Crippen LogP contribution is 2.26. The van der Waals surface area contributed by atoms with E-state index in [1.807, 2.05) is 18.2 Å². The Morgan fingerprint density at radius 3 is 2.50 bits per heavy atom. The van der Waals surface area contributed by atoms with E-state index in [9.17, 15) is 4.79 Å². The fraction of sp³-hybridized carbons (Fsp3) is 0.0667. The number of ketones is 1. The molecule has 3 heteroatoms. The summed E-state index contributed by atoms with van der Waals surface area (Å²) in [6, 6.07) is 14.6. The Morgan fingerprint density at radius 2 is 1.89 bits per heavy atom. The summed E-state index contributed by atoms with van der Waals surface area (Å²) in [5.74, 6) is -0.0580. The molecule has 0 heterocycles. The van der Waals surface area contributed by atoms with Crippen LogP contribution in [0.25, 0.3) is 11.1 Å². The van der Waals surface area contributed by atoms with Crippen molar-refractivity contribution in [2.24, 2.45) is 0 Å². The zero-order chi connectivity index (χ0) is 13.1. The van der Waals surface area contributed by atoms with Crippen LogP contribution in [0, 0.1) is 11.3 Å². The summed E-state index contributed by atoms with van der Waals surface area (Å²) in [5, 5.41) is 9.29. The molecule has 2 aromatic carbocycles. The second kappa shape index (κ2) is 5.03. The number of benzene rings is 2. The number of carbonyl (C=O) groups is 1. The highest BCUT2D eigenvalue weighted by molar-refractivity contribution is 6.34. The van der Waals surface area contributed by atoms with E-state index in [-0.39, 0.29) is 5.78 Å². The van der Waals surface area contributed by atoms with Gasteiger partial charge in [0, 0.05) is 5.56 Å². The SMILES string of the molecule is CC(=O)c1ccc(-c2cccc(C#N)c2)cc1Cl. The summed E-state index contributed by atoms with van der Waals surface area (Å²) in [5.41, 5.74) is 2.91. The second-order valence-electron chi connectivity index (χ2n) is 3.94. The molecule has 0 N–H and O–H groups in total. The Hall–Kier alpha value is -2.11. The van der Waals surface area contributed by atoms with Crippen LogP contribution in [0.1, 0.15) is 22.8 Å². The lowest BCUT2D eigenvalue weighted by atomic mass is 10.0. The Kier molecular flexibility index (Phi) is 3.45. The van der Waals surface area contributed by atoms with E-state index in [0.29, 0.717) is 16.1 Å². The normalized spacial score (nSPS) is 9.83. The minimum absolute atomic E-state index is 0.0580. The van der Waals surface area contributed by atoms with E-state index >= 15 is 0 Å². The summed E-state index contributed by atoms with van der Waals surface area (Å²) < 4.78 is 0. The smallest absolute Gasteiger partial charge is 0.161 e. The molecule has 0 unspecified atom stereocenters. The van der Waals surface area contributed by atoms with E-state index in [4.69, 9.17) is 16.9 Å². The van der Waals surface area contributed by atoms with Crippen molar-refractivity contribution in [3.8, 4) is 17.2 Å². The molecule has 2 nitrogen and oxygen atoms in total. The molecule has 2 aromatic rings. The molecule has 0 aliphatic rings. The highest BCUT2D eigenvalue weighted by atomic mass is 35.5. The number of nitriles is 1. The predicted molar refractivity (Wildman–Crippen MR) is 71.6 cm³/mol. The van der Waals surface area contributed by atoms with Crippen molar-refractivity contribution in [2.45, 2.75) is 6.92 Å². The van der Waals surface area contributed by atoms with E-state index in [1.165, 1.54) is 6.92 Å². The van der Waals surface area contributed by atoms with Gasteiger partial charge >= 0.3 is 0 Å². The molecule has 0 radical (unpaired) electrons. The van der Waals surface area contributed by atoms with Crippen molar-refractivity contribution < 1.29 is 4.79 Å². The quantitative estimate of drug-likeness (QED) is 0.759. The maximum Gasteiger partial charge on any atom is 0.161 e. The predicted octanol–water partition coefficient (Wildman–Crippen LogP) is 4.08. The molecule has 0 aliphatic heterocycles. The molecule has 0 aromatic heterocycles.